The van der Waals surface area contributed by atoms with Crippen molar-refractivity contribution in [3.8, 4) is 11.6 Å². The maximum Gasteiger partial charge on any atom is 0.247 e. The van der Waals surface area contributed by atoms with Crippen LogP contribution >= 0.6 is 0 Å². The lowest BCUT2D eigenvalue weighted by Crippen LogP contribution is -2.44. The summed E-state index contributed by atoms with van der Waals surface area (Å²) in [6, 6.07) is 14.8. The number of hydrogen-bond donors (Lipinski definition) is 4. The molecule has 1 saturated heterocycles. The molecule has 3 heterocycles. The molecule has 0 radical (unpaired) electrons. The summed E-state index contributed by atoms with van der Waals surface area (Å²) in [6.07, 6.45) is 2.99. The highest BCUT2D eigenvalue weighted by molar-refractivity contribution is 5.99. The van der Waals surface area contributed by atoms with Gasteiger partial charge in [-0.25, -0.2) is 0 Å². The number of ether oxygens (including phenoxy) is 1. The molecule has 2 aromatic heterocycles. The number of nitrogens with two attached hydrogens (primary N) is 1. The van der Waals surface area contributed by atoms with E-state index in [0.717, 1.165) is 42.9 Å². The van der Waals surface area contributed by atoms with Gasteiger partial charge in [-0.2, -0.15) is 9.97 Å². The summed E-state index contributed by atoms with van der Waals surface area (Å²) < 4.78 is 6.09. The molecular weight excluding hydrogens is 456 g/mol. The first-order chi connectivity index (χ1) is 17.5. The lowest BCUT2D eigenvalue weighted by molar-refractivity contribution is -0.111. The molecule has 184 valence electrons. The summed E-state index contributed by atoms with van der Waals surface area (Å²) in [5.74, 6) is 0.956. The van der Waals surface area contributed by atoms with Crippen LogP contribution in [0.15, 0.2) is 67.4 Å². The van der Waals surface area contributed by atoms with E-state index < -0.39 is 0 Å². The lowest BCUT2D eigenvalue weighted by Gasteiger charge is -2.34. The zero-order valence-corrected chi connectivity index (χ0v) is 20.0. The van der Waals surface area contributed by atoms with Gasteiger partial charge >= 0.3 is 0 Å². The summed E-state index contributed by atoms with van der Waals surface area (Å²) >= 11 is 0. The molecule has 36 heavy (non-hydrogen) atoms. The third kappa shape index (κ3) is 5.08. The Morgan fingerprint density at radius 1 is 1.11 bits per heavy atom. The number of anilines is 5. The van der Waals surface area contributed by atoms with E-state index in [-0.39, 0.29) is 5.91 Å². The van der Waals surface area contributed by atoms with E-state index in [1.807, 2.05) is 24.3 Å². The van der Waals surface area contributed by atoms with Crippen molar-refractivity contribution in [1.29, 1.82) is 0 Å². The van der Waals surface area contributed by atoms with Crippen molar-refractivity contribution in [2.45, 2.75) is 0 Å². The number of fused-ring (bicyclic) bond motifs is 1. The molecule has 1 fully saturated rings. The molecular formula is C26H28N8O2. The van der Waals surface area contributed by atoms with Gasteiger partial charge in [-0.05, 0) is 49.5 Å². The number of carbonyl (C=O) groups is 1. The number of aromatic amines is 1. The van der Waals surface area contributed by atoms with Crippen LogP contribution in [0.5, 0.6) is 11.6 Å². The first-order valence-electron chi connectivity index (χ1n) is 11.6. The van der Waals surface area contributed by atoms with Crippen LogP contribution in [0.2, 0.25) is 0 Å². The molecule has 5 rings (SSSR count). The molecule has 1 aliphatic heterocycles. The van der Waals surface area contributed by atoms with Gasteiger partial charge < -0.3 is 35.9 Å². The van der Waals surface area contributed by atoms with E-state index in [1.54, 1.807) is 30.5 Å². The minimum absolute atomic E-state index is 0.299. The van der Waals surface area contributed by atoms with Crippen molar-refractivity contribution in [3.63, 3.8) is 0 Å². The van der Waals surface area contributed by atoms with E-state index in [1.165, 1.54) is 6.08 Å². The van der Waals surface area contributed by atoms with Gasteiger partial charge in [0, 0.05) is 49.8 Å². The second kappa shape index (κ2) is 9.96. The van der Waals surface area contributed by atoms with Crippen molar-refractivity contribution in [2.24, 2.45) is 0 Å². The van der Waals surface area contributed by atoms with Crippen LogP contribution < -0.4 is 26.0 Å². The number of nitrogens with one attached hydrogen (secondary N) is 3. The molecule has 4 aromatic rings. The number of H-pyrrole nitrogens is 1. The van der Waals surface area contributed by atoms with E-state index in [4.69, 9.17) is 10.5 Å². The van der Waals surface area contributed by atoms with Crippen molar-refractivity contribution in [2.75, 3.05) is 54.5 Å². The summed E-state index contributed by atoms with van der Waals surface area (Å²) in [4.78, 5) is 28.5. The van der Waals surface area contributed by atoms with Crippen LogP contribution in [-0.2, 0) is 4.79 Å². The quantitative estimate of drug-likeness (QED) is 0.230. The van der Waals surface area contributed by atoms with Crippen LogP contribution in [0, 0.1) is 0 Å². The number of rotatable bonds is 7. The fourth-order valence-corrected chi connectivity index (χ4v) is 4.09. The molecule has 0 bridgehead atoms. The molecule has 1 amide bonds. The maximum atomic E-state index is 11.6. The van der Waals surface area contributed by atoms with Crippen molar-refractivity contribution < 1.29 is 9.53 Å². The van der Waals surface area contributed by atoms with Crippen LogP contribution in [0.4, 0.5) is 28.7 Å². The minimum atomic E-state index is -0.299. The molecule has 0 spiro atoms. The van der Waals surface area contributed by atoms with Crippen LogP contribution in [-0.4, -0.2) is 59.0 Å². The first-order valence-corrected chi connectivity index (χ1v) is 11.6. The molecule has 1 aliphatic rings. The largest absolute Gasteiger partial charge is 0.438 e. The molecule has 2 aromatic carbocycles. The number of amides is 1. The number of aromatic nitrogens is 3. The predicted molar refractivity (Wildman–Crippen MR) is 143 cm³/mol. The average molecular weight is 485 g/mol. The lowest BCUT2D eigenvalue weighted by atomic mass is 10.2. The summed E-state index contributed by atoms with van der Waals surface area (Å²) in [5, 5.41) is 6.69. The highest BCUT2D eigenvalue weighted by Crippen LogP contribution is 2.32. The summed E-state index contributed by atoms with van der Waals surface area (Å²) in [7, 11) is 2.13. The molecule has 0 aliphatic carbocycles. The first kappa shape index (κ1) is 23.2. The Morgan fingerprint density at radius 2 is 1.94 bits per heavy atom. The van der Waals surface area contributed by atoms with E-state index >= 15 is 0 Å². The number of benzene rings is 2. The zero-order valence-electron chi connectivity index (χ0n) is 20.0. The Balaban J connectivity index is 1.37. The van der Waals surface area contributed by atoms with Crippen molar-refractivity contribution in [1.82, 2.24) is 19.9 Å². The second-order valence-electron chi connectivity index (χ2n) is 8.60. The van der Waals surface area contributed by atoms with Gasteiger partial charge in [0.1, 0.15) is 11.4 Å². The number of nitrogen functional groups attached to an aromatic ring is 1. The van der Waals surface area contributed by atoms with Gasteiger partial charge in [0.15, 0.2) is 0 Å². The number of carbonyl (C=O) groups excluding carboxylic acids is 1. The van der Waals surface area contributed by atoms with Crippen molar-refractivity contribution in [3.05, 3.63) is 67.4 Å². The Bertz CT molecular complexity index is 1410. The Kier molecular flexibility index (Phi) is 6.42. The highest BCUT2D eigenvalue weighted by Gasteiger charge is 2.17. The number of piperazine rings is 1. The number of hydrogen-bond acceptors (Lipinski definition) is 8. The average Bonchev–Trinajstić information content (AvgIpc) is 3.34. The zero-order chi connectivity index (χ0) is 25.1. The molecule has 10 heteroatoms. The molecule has 0 saturated carbocycles. The van der Waals surface area contributed by atoms with E-state index in [2.05, 4.69) is 49.0 Å². The smallest absolute Gasteiger partial charge is 0.247 e. The number of likely N-dealkylation sites (N-methyl/N-ethyl adjacent to an activating group) is 1. The van der Waals surface area contributed by atoms with E-state index in [0.29, 0.717) is 34.6 Å². The second-order valence-corrected chi connectivity index (χ2v) is 8.60. The van der Waals surface area contributed by atoms with Gasteiger partial charge in [0.25, 0.3) is 0 Å². The Morgan fingerprint density at radius 3 is 2.72 bits per heavy atom. The van der Waals surface area contributed by atoms with Crippen LogP contribution in [0.25, 0.3) is 11.0 Å². The summed E-state index contributed by atoms with van der Waals surface area (Å²) in [6.45, 7) is 7.38. The van der Waals surface area contributed by atoms with Gasteiger partial charge in [-0.3, -0.25) is 4.79 Å². The fraction of sp³-hybridized carbons (Fsp3) is 0.192. The normalized spacial score (nSPS) is 14.0. The topological polar surface area (TPSA) is 124 Å². The molecule has 10 nitrogen and oxygen atoms in total. The van der Waals surface area contributed by atoms with Crippen LogP contribution in [0.1, 0.15) is 0 Å². The summed E-state index contributed by atoms with van der Waals surface area (Å²) in [5.41, 5.74) is 10.1. The highest BCUT2D eigenvalue weighted by atomic mass is 16.5. The van der Waals surface area contributed by atoms with E-state index in [9.17, 15) is 4.79 Å². The maximum absolute atomic E-state index is 11.6. The Hall–Kier alpha value is -4.57. The van der Waals surface area contributed by atoms with Gasteiger partial charge in [0.05, 0.1) is 16.8 Å². The van der Waals surface area contributed by atoms with Crippen LogP contribution in [0.3, 0.4) is 0 Å². The van der Waals surface area contributed by atoms with Gasteiger partial charge in [-0.15, -0.1) is 0 Å². The van der Waals surface area contributed by atoms with Gasteiger partial charge in [0.2, 0.25) is 17.7 Å². The standard InChI is InChI=1S/C26H28N8O2/c1-3-23(35)29-17-5-4-6-19(15-17)36-25-20-9-10-28-24(20)31-26(32-25)30-18-7-8-22(21(27)16-18)34-13-11-33(2)12-14-34/h3-10,15-16H,1,11-14,27H2,2H3,(H,29,35)(H2,28,30,31,32). The SMILES string of the molecule is C=CC(=O)Nc1cccc(Oc2nc(Nc3ccc(N4CCN(C)CC4)c(N)c3)nc3[nH]ccc23)c1. The monoisotopic (exact) mass is 484 g/mol. The fourth-order valence-electron chi connectivity index (χ4n) is 4.09. The molecule has 5 N–H and O–H groups in total. The third-order valence-corrected chi connectivity index (χ3v) is 6.01. The third-order valence-electron chi connectivity index (χ3n) is 6.01. The predicted octanol–water partition coefficient (Wildman–Crippen LogP) is 3.95. The van der Waals surface area contributed by atoms with Gasteiger partial charge in [-0.1, -0.05) is 12.6 Å². The van der Waals surface area contributed by atoms with Crippen molar-refractivity contribution >= 4 is 45.6 Å². The Labute approximate surface area is 208 Å². The molecule has 0 atom stereocenters. The molecule has 0 unspecified atom stereocenters. The minimum Gasteiger partial charge on any atom is -0.438 e. The number of nitrogens with zero attached hydrogens (tertiary/aromatic N) is 4.